The molecular formula is C55H40F5IrN3O-2. The maximum atomic E-state index is 15.6. The van der Waals surface area contributed by atoms with Gasteiger partial charge in [-0.2, -0.15) is 13.2 Å². The van der Waals surface area contributed by atoms with Gasteiger partial charge in [0.1, 0.15) is 17.2 Å². The molecule has 0 aliphatic carbocycles. The van der Waals surface area contributed by atoms with Crippen LogP contribution in [0.15, 0.2) is 162 Å². The van der Waals surface area contributed by atoms with Crippen LogP contribution in [0.2, 0.25) is 0 Å². The van der Waals surface area contributed by atoms with Crippen LogP contribution in [0.25, 0.3) is 83.6 Å². The fourth-order valence-electron chi connectivity index (χ4n) is 8.13. The van der Waals surface area contributed by atoms with Crippen LogP contribution >= 0.6 is 0 Å². The zero-order chi connectivity index (χ0) is 44.7. The number of rotatable bonds is 7. The number of benzene rings is 7. The zero-order valence-corrected chi connectivity index (χ0v) is 38.0. The molecule has 0 aliphatic heterocycles. The van der Waals surface area contributed by atoms with Crippen molar-refractivity contribution in [3.63, 3.8) is 0 Å². The van der Waals surface area contributed by atoms with Crippen molar-refractivity contribution >= 4 is 33.0 Å². The number of aromatic nitrogens is 3. The van der Waals surface area contributed by atoms with Crippen molar-refractivity contribution in [3.8, 4) is 50.6 Å². The fraction of sp³-hybridized carbons (Fsp3) is 0.127. The summed E-state index contributed by atoms with van der Waals surface area (Å²) in [6.45, 7) is 8.91. The smallest absolute Gasteiger partial charge is 0.381 e. The van der Waals surface area contributed by atoms with E-state index in [1.54, 1.807) is 48.7 Å². The first kappa shape index (κ1) is 44.9. The van der Waals surface area contributed by atoms with Crippen LogP contribution in [0.5, 0.6) is 0 Å². The molecule has 0 unspecified atom stereocenters. The third kappa shape index (κ3) is 8.76. The van der Waals surface area contributed by atoms with E-state index in [-0.39, 0.29) is 43.1 Å². The van der Waals surface area contributed by atoms with E-state index < -0.39 is 23.4 Å². The van der Waals surface area contributed by atoms with Gasteiger partial charge in [-0.25, -0.2) is 8.78 Å². The Balaban J connectivity index is 0.000000287. The van der Waals surface area contributed by atoms with E-state index in [2.05, 4.69) is 91.8 Å². The molecule has 0 aliphatic rings. The molecule has 0 bridgehead atoms. The molecule has 327 valence electrons. The predicted octanol–water partition coefficient (Wildman–Crippen LogP) is 15.8. The first-order chi connectivity index (χ1) is 30.9. The topological polar surface area (TPSA) is 43.9 Å². The van der Waals surface area contributed by atoms with Crippen molar-refractivity contribution < 1.29 is 46.5 Å². The normalized spacial score (nSPS) is 11.6. The number of alkyl halides is 3. The number of hydrogen-bond acceptors (Lipinski definition) is 3. The Morgan fingerprint density at radius 3 is 2.00 bits per heavy atom. The van der Waals surface area contributed by atoms with Crippen molar-refractivity contribution in [2.24, 2.45) is 0 Å². The van der Waals surface area contributed by atoms with Gasteiger partial charge >= 0.3 is 6.18 Å². The first-order valence-electron chi connectivity index (χ1n) is 20.9. The van der Waals surface area contributed by atoms with E-state index in [1.807, 2.05) is 36.4 Å². The van der Waals surface area contributed by atoms with Crippen molar-refractivity contribution in [2.75, 3.05) is 0 Å². The molecule has 1 radical (unpaired) electrons. The molecule has 0 saturated heterocycles. The number of halogens is 5. The summed E-state index contributed by atoms with van der Waals surface area (Å²) in [5.74, 6) is 0.0992. The monoisotopic (exact) mass is 1050 g/mol. The van der Waals surface area contributed by atoms with Gasteiger partial charge in [0.05, 0.1) is 22.4 Å². The van der Waals surface area contributed by atoms with E-state index in [4.69, 9.17) is 9.40 Å². The van der Waals surface area contributed by atoms with Gasteiger partial charge in [0.25, 0.3) is 0 Å². The van der Waals surface area contributed by atoms with Crippen LogP contribution < -0.4 is 0 Å². The average Bonchev–Trinajstić information content (AvgIpc) is 3.87. The molecule has 3 aromatic heterocycles. The summed E-state index contributed by atoms with van der Waals surface area (Å²) in [7, 11) is 0. The second-order valence-electron chi connectivity index (χ2n) is 16.1. The third-order valence-electron chi connectivity index (χ3n) is 11.3. The fourth-order valence-corrected chi connectivity index (χ4v) is 8.13. The molecule has 4 nitrogen and oxygen atoms in total. The number of hydrogen-bond donors (Lipinski definition) is 0. The van der Waals surface area contributed by atoms with Crippen molar-refractivity contribution in [1.82, 2.24) is 14.5 Å². The van der Waals surface area contributed by atoms with E-state index in [0.29, 0.717) is 39.2 Å². The maximum Gasteiger partial charge on any atom is 0.381 e. The molecule has 10 heteroatoms. The molecule has 0 amide bonds. The van der Waals surface area contributed by atoms with Crippen LogP contribution in [0, 0.1) is 23.8 Å². The van der Waals surface area contributed by atoms with Crippen LogP contribution in [0.4, 0.5) is 22.0 Å². The number of furan rings is 1. The van der Waals surface area contributed by atoms with Gasteiger partial charge < -0.3 is 14.0 Å². The number of imidazole rings is 1. The molecule has 0 fully saturated rings. The number of para-hydroxylation sites is 2. The number of fused-ring (bicyclic) bond motifs is 4. The standard InChI is InChI=1S/C43H33F2N2O.C12H7F3N.Ir/c1-25(2)32-21-28(27-13-6-5-7-14-27)22-33(26(3)4)41(32)47-39-20-11-10-19-38(39)46-43(47)31-17-12-16-30-35-23-37(45)34(24-40(35)48-42(30)31)29-15-8-9-18-36(29)44;13-12(14,15)10-6-4-9(5-7-10)11-3-1-2-8-16-11;/h5-16,18-26H,1-4H3;1-4,6-8H;/q2*-1;. The third-order valence-corrected chi connectivity index (χ3v) is 11.3. The summed E-state index contributed by atoms with van der Waals surface area (Å²) in [5.41, 5.74) is 10.2. The van der Waals surface area contributed by atoms with Gasteiger partial charge in [-0.1, -0.05) is 111 Å². The molecule has 10 rings (SSSR count). The van der Waals surface area contributed by atoms with E-state index in [9.17, 15) is 17.6 Å². The van der Waals surface area contributed by atoms with Crippen LogP contribution in [0.3, 0.4) is 0 Å². The molecule has 10 aromatic rings. The SMILES string of the molecule is CC(C)c1cc(-c2ccccc2)cc(C(C)C)c1-n1c(-c2[c-]ccc3c2oc2cc(-c4ccccc4F)c(F)cc23)nc2ccccc21.FC(F)(F)c1c[c-]c(-c2ccccn2)cc1.[Ir]. The number of nitrogens with zero attached hydrogens (tertiary/aromatic N) is 3. The molecule has 0 atom stereocenters. The quantitative estimate of drug-likeness (QED) is 0.118. The number of pyridine rings is 1. The second kappa shape index (κ2) is 18.4. The van der Waals surface area contributed by atoms with Crippen LogP contribution in [-0.4, -0.2) is 14.5 Å². The van der Waals surface area contributed by atoms with Crippen molar-refractivity contribution in [3.05, 3.63) is 198 Å². The Labute approximate surface area is 386 Å². The van der Waals surface area contributed by atoms with Gasteiger partial charge in [-0.3, -0.25) is 4.98 Å². The van der Waals surface area contributed by atoms with Gasteiger partial charge in [0, 0.05) is 48.5 Å². The van der Waals surface area contributed by atoms with Crippen LogP contribution in [0.1, 0.15) is 56.2 Å². The molecule has 65 heavy (non-hydrogen) atoms. The summed E-state index contributed by atoms with van der Waals surface area (Å²) in [6, 6.07) is 50.8. The maximum absolute atomic E-state index is 15.6. The largest absolute Gasteiger partial charge is 0.501 e. The molecule has 0 spiro atoms. The van der Waals surface area contributed by atoms with E-state index in [0.717, 1.165) is 34.2 Å². The summed E-state index contributed by atoms with van der Waals surface area (Å²) < 4.78 is 76.0. The molecular weight excluding hydrogens is 1010 g/mol. The second-order valence-corrected chi connectivity index (χ2v) is 16.1. The first-order valence-corrected chi connectivity index (χ1v) is 20.9. The summed E-state index contributed by atoms with van der Waals surface area (Å²) in [4.78, 5) is 9.23. The minimum Gasteiger partial charge on any atom is -0.501 e. The molecule has 0 N–H and O–H groups in total. The summed E-state index contributed by atoms with van der Waals surface area (Å²) in [6.07, 6.45) is -2.74. The average molecular weight is 1050 g/mol. The molecule has 0 saturated carbocycles. The van der Waals surface area contributed by atoms with Crippen molar-refractivity contribution in [1.29, 1.82) is 0 Å². The van der Waals surface area contributed by atoms with E-state index >= 15 is 4.39 Å². The van der Waals surface area contributed by atoms with Gasteiger partial charge in [-0.05, 0) is 93.9 Å². The minimum absolute atomic E-state index is 0. The molecule has 7 aromatic carbocycles. The van der Waals surface area contributed by atoms with Gasteiger partial charge in [0.15, 0.2) is 0 Å². The Morgan fingerprint density at radius 1 is 0.646 bits per heavy atom. The van der Waals surface area contributed by atoms with Crippen LogP contribution in [-0.2, 0) is 26.3 Å². The van der Waals surface area contributed by atoms with Crippen molar-refractivity contribution in [2.45, 2.75) is 45.7 Å². The Kier molecular flexibility index (Phi) is 12.7. The Morgan fingerprint density at radius 2 is 1.34 bits per heavy atom. The molecule has 3 heterocycles. The van der Waals surface area contributed by atoms with Gasteiger partial charge in [-0.15, -0.1) is 48.0 Å². The zero-order valence-electron chi connectivity index (χ0n) is 35.6. The predicted molar refractivity (Wildman–Crippen MR) is 245 cm³/mol. The van der Waals surface area contributed by atoms with E-state index in [1.165, 1.54) is 40.5 Å². The Bertz CT molecular complexity index is 3260. The van der Waals surface area contributed by atoms with Gasteiger partial charge in [0.2, 0.25) is 0 Å². The Hall–Kier alpha value is -6.74. The summed E-state index contributed by atoms with van der Waals surface area (Å²) >= 11 is 0. The summed E-state index contributed by atoms with van der Waals surface area (Å²) in [5, 5.41) is 1.35. The minimum atomic E-state index is -4.32.